The van der Waals surface area contributed by atoms with Crippen molar-refractivity contribution in [1.82, 2.24) is 20.5 Å². The summed E-state index contributed by atoms with van der Waals surface area (Å²) in [4.78, 5) is 10.6. The number of aromatic nitrogens is 1. The molecule has 1 aromatic carbocycles. The van der Waals surface area contributed by atoms with Gasteiger partial charge in [-0.1, -0.05) is 18.2 Å². The molecule has 1 atom stereocenters. The molecule has 144 valence electrons. The molecule has 5 nitrogen and oxygen atoms in total. The summed E-state index contributed by atoms with van der Waals surface area (Å²) in [6, 6.07) is 8.47. The van der Waals surface area contributed by atoms with Gasteiger partial charge in [-0.2, -0.15) is 0 Å². The lowest BCUT2D eigenvalue weighted by molar-refractivity contribution is 0.214. The Balaban J connectivity index is 0.00000243. The molecule has 1 aliphatic rings. The van der Waals surface area contributed by atoms with Crippen molar-refractivity contribution in [2.24, 2.45) is 10.9 Å². The SMILES string of the molecule is CCNC(=NCC1CCCN(C)C1)NCCc1c[nH]c2ccccc12.I. The van der Waals surface area contributed by atoms with E-state index in [2.05, 4.69) is 65.0 Å². The van der Waals surface area contributed by atoms with Gasteiger partial charge in [0.15, 0.2) is 5.96 Å². The van der Waals surface area contributed by atoms with E-state index in [9.17, 15) is 0 Å². The number of piperidine rings is 1. The zero-order chi connectivity index (χ0) is 17.5. The van der Waals surface area contributed by atoms with Gasteiger partial charge in [-0.05, 0) is 57.3 Å². The predicted molar refractivity (Wildman–Crippen MR) is 122 cm³/mol. The molecule has 26 heavy (non-hydrogen) atoms. The number of aliphatic imine (C=N–C) groups is 1. The standard InChI is InChI=1S/C20H31N5.HI/c1-3-21-20(24-13-16-7-6-12-25(2)15-16)22-11-10-17-14-23-19-9-5-4-8-18(17)19;/h4-5,8-9,14,16,23H,3,6-7,10-13,15H2,1-2H3,(H2,21,22,24);1H. The van der Waals surface area contributed by atoms with Crippen molar-refractivity contribution in [1.29, 1.82) is 0 Å². The number of aromatic amines is 1. The minimum absolute atomic E-state index is 0. The third kappa shape index (κ3) is 5.87. The summed E-state index contributed by atoms with van der Waals surface area (Å²) in [7, 11) is 2.21. The second-order valence-electron chi connectivity index (χ2n) is 7.03. The Morgan fingerprint density at radius 3 is 2.96 bits per heavy atom. The molecule has 1 fully saturated rings. The molecule has 0 saturated carbocycles. The molecule has 2 heterocycles. The molecular weight excluding hydrogens is 437 g/mol. The summed E-state index contributed by atoms with van der Waals surface area (Å²) in [5.41, 5.74) is 2.56. The molecule has 3 N–H and O–H groups in total. The first-order chi connectivity index (χ1) is 12.3. The molecule has 6 heteroatoms. The van der Waals surface area contributed by atoms with Crippen LogP contribution < -0.4 is 10.6 Å². The molecule has 2 aromatic rings. The Bertz CT molecular complexity index is 696. The fourth-order valence-electron chi connectivity index (χ4n) is 3.64. The maximum atomic E-state index is 4.81. The molecule has 0 spiro atoms. The Morgan fingerprint density at radius 2 is 2.15 bits per heavy atom. The van der Waals surface area contributed by atoms with Crippen LogP contribution in [0.3, 0.4) is 0 Å². The summed E-state index contributed by atoms with van der Waals surface area (Å²) in [5, 5.41) is 8.17. The van der Waals surface area contributed by atoms with E-state index in [0.29, 0.717) is 5.92 Å². The van der Waals surface area contributed by atoms with Crippen molar-refractivity contribution in [3.8, 4) is 0 Å². The number of nitrogens with one attached hydrogen (secondary N) is 3. The summed E-state index contributed by atoms with van der Waals surface area (Å²) in [5.74, 6) is 1.62. The number of rotatable bonds is 6. The lowest BCUT2D eigenvalue weighted by Gasteiger charge is -2.28. The van der Waals surface area contributed by atoms with Gasteiger partial charge in [-0.3, -0.25) is 4.99 Å². The predicted octanol–water partition coefficient (Wildman–Crippen LogP) is 3.23. The van der Waals surface area contributed by atoms with Crippen molar-refractivity contribution in [2.75, 3.05) is 39.8 Å². The van der Waals surface area contributed by atoms with E-state index < -0.39 is 0 Å². The highest BCUT2D eigenvalue weighted by Gasteiger charge is 2.16. The topological polar surface area (TPSA) is 55.5 Å². The number of guanidine groups is 1. The van der Waals surface area contributed by atoms with E-state index in [1.165, 1.54) is 35.9 Å². The number of likely N-dealkylation sites (tertiary alicyclic amines) is 1. The molecule has 3 rings (SSSR count). The lowest BCUT2D eigenvalue weighted by atomic mass is 9.99. The fraction of sp³-hybridized carbons (Fsp3) is 0.550. The normalized spacial score (nSPS) is 18.5. The van der Waals surface area contributed by atoms with Crippen molar-refractivity contribution in [2.45, 2.75) is 26.2 Å². The van der Waals surface area contributed by atoms with E-state index in [0.717, 1.165) is 38.6 Å². The number of benzene rings is 1. The molecule has 0 radical (unpaired) electrons. The summed E-state index contributed by atoms with van der Waals surface area (Å²) in [6.45, 7) is 7.20. The molecule has 0 amide bonds. The average Bonchev–Trinajstić information content (AvgIpc) is 3.03. The van der Waals surface area contributed by atoms with Crippen molar-refractivity contribution >= 4 is 40.8 Å². The number of para-hydroxylation sites is 1. The number of H-pyrrole nitrogens is 1. The maximum Gasteiger partial charge on any atom is 0.191 e. The Hall–Kier alpha value is -1.28. The van der Waals surface area contributed by atoms with Gasteiger partial charge in [0, 0.05) is 43.3 Å². The third-order valence-electron chi connectivity index (χ3n) is 4.94. The Labute approximate surface area is 174 Å². The zero-order valence-corrected chi connectivity index (χ0v) is 18.3. The highest BCUT2D eigenvalue weighted by atomic mass is 127. The number of nitrogens with zero attached hydrogens (tertiary/aromatic N) is 2. The average molecular weight is 469 g/mol. The second-order valence-corrected chi connectivity index (χ2v) is 7.03. The monoisotopic (exact) mass is 469 g/mol. The van der Waals surface area contributed by atoms with E-state index in [1.807, 2.05) is 0 Å². The minimum Gasteiger partial charge on any atom is -0.361 e. The quantitative estimate of drug-likeness (QED) is 0.346. The summed E-state index contributed by atoms with van der Waals surface area (Å²) >= 11 is 0. The van der Waals surface area contributed by atoms with Crippen LogP contribution in [0.15, 0.2) is 35.5 Å². The van der Waals surface area contributed by atoms with Gasteiger partial charge in [-0.15, -0.1) is 24.0 Å². The third-order valence-corrected chi connectivity index (χ3v) is 4.94. The number of halogens is 1. The molecule has 0 aliphatic carbocycles. The number of hydrogen-bond donors (Lipinski definition) is 3. The Kier molecular flexibility index (Phi) is 8.71. The van der Waals surface area contributed by atoms with E-state index in [-0.39, 0.29) is 24.0 Å². The Morgan fingerprint density at radius 1 is 1.31 bits per heavy atom. The number of fused-ring (bicyclic) bond motifs is 1. The van der Waals surface area contributed by atoms with Gasteiger partial charge in [0.2, 0.25) is 0 Å². The van der Waals surface area contributed by atoms with Crippen LogP contribution in [0.4, 0.5) is 0 Å². The lowest BCUT2D eigenvalue weighted by Crippen LogP contribution is -2.39. The van der Waals surface area contributed by atoms with Crippen LogP contribution in [0.5, 0.6) is 0 Å². The van der Waals surface area contributed by atoms with Gasteiger partial charge in [0.1, 0.15) is 0 Å². The molecule has 1 aliphatic heterocycles. The second kappa shape index (κ2) is 10.8. The summed E-state index contributed by atoms with van der Waals surface area (Å²) in [6.07, 6.45) is 5.69. The molecule has 1 aromatic heterocycles. The summed E-state index contributed by atoms with van der Waals surface area (Å²) < 4.78 is 0. The van der Waals surface area contributed by atoms with Crippen molar-refractivity contribution < 1.29 is 0 Å². The van der Waals surface area contributed by atoms with E-state index >= 15 is 0 Å². The van der Waals surface area contributed by atoms with Gasteiger partial charge in [-0.25, -0.2) is 0 Å². The molecule has 0 bridgehead atoms. The smallest absolute Gasteiger partial charge is 0.191 e. The molecular formula is C20H32IN5. The van der Waals surface area contributed by atoms with Crippen LogP contribution in [-0.4, -0.2) is 55.6 Å². The van der Waals surface area contributed by atoms with Crippen molar-refractivity contribution in [3.05, 3.63) is 36.0 Å². The van der Waals surface area contributed by atoms with E-state index in [1.54, 1.807) is 0 Å². The van der Waals surface area contributed by atoms with Crippen LogP contribution in [0.1, 0.15) is 25.3 Å². The molecule has 1 saturated heterocycles. The van der Waals surface area contributed by atoms with Crippen LogP contribution in [0.2, 0.25) is 0 Å². The first kappa shape index (κ1) is 21.0. The van der Waals surface area contributed by atoms with Crippen molar-refractivity contribution in [3.63, 3.8) is 0 Å². The zero-order valence-electron chi connectivity index (χ0n) is 15.9. The maximum absolute atomic E-state index is 4.81. The highest BCUT2D eigenvalue weighted by molar-refractivity contribution is 14.0. The van der Waals surface area contributed by atoms with Gasteiger partial charge in [0.25, 0.3) is 0 Å². The van der Waals surface area contributed by atoms with Crippen LogP contribution >= 0.6 is 24.0 Å². The van der Waals surface area contributed by atoms with Crippen LogP contribution in [-0.2, 0) is 6.42 Å². The van der Waals surface area contributed by atoms with Crippen LogP contribution in [0.25, 0.3) is 10.9 Å². The van der Waals surface area contributed by atoms with Crippen LogP contribution in [0, 0.1) is 5.92 Å². The van der Waals surface area contributed by atoms with Gasteiger partial charge >= 0.3 is 0 Å². The first-order valence-corrected chi connectivity index (χ1v) is 9.52. The fourth-order valence-corrected chi connectivity index (χ4v) is 3.64. The van der Waals surface area contributed by atoms with Gasteiger partial charge in [0.05, 0.1) is 0 Å². The first-order valence-electron chi connectivity index (χ1n) is 9.52. The number of hydrogen-bond acceptors (Lipinski definition) is 2. The van der Waals surface area contributed by atoms with Gasteiger partial charge < -0.3 is 20.5 Å². The van der Waals surface area contributed by atoms with E-state index in [4.69, 9.17) is 4.99 Å². The minimum atomic E-state index is 0. The largest absolute Gasteiger partial charge is 0.361 e. The molecule has 1 unspecified atom stereocenters. The highest BCUT2D eigenvalue weighted by Crippen LogP contribution is 2.18.